The van der Waals surface area contributed by atoms with E-state index in [2.05, 4.69) is 15.1 Å². The number of nitrogens with one attached hydrogen (secondary N) is 1. The summed E-state index contributed by atoms with van der Waals surface area (Å²) in [6.07, 6.45) is 3.37. The molecule has 0 aliphatic carbocycles. The third-order valence-electron chi connectivity index (χ3n) is 2.76. The van der Waals surface area contributed by atoms with Gasteiger partial charge in [0.15, 0.2) is 0 Å². The molecule has 7 heteroatoms. The molecule has 0 saturated carbocycles. The number of nitrogens with zero attached hydrogens (tertiary/aromatic N) is 4. The van der Waals surface area contributed by atoms with Crippen LogP contribution in [0.25, 0.3) is 0 Å². The van der Waals surface area contributed by atoms with Gasteiger partial charge in [0.2, 0.25) is 0 Å². The highest BCUT2D eigenvalue weighted by atomic mass is 16.2. The van der Waals surface area contributed by atoms with Crippen molar-refractivity contribution >= 4 is 11.6 Å². The van der Waals surface area contributed by atoms with Crippen LogP contribution in [0.4, 0.5) is 5.69 Å². The van der Waals surface area contributed by atoms with Crippen molar-refractivity contribution in [2.24, 2.45) is 7.05 Å². The van der Waals surface area contributed by atoms with Gasteiger partial charge < -0.3 is 15.6 Å². The van der Waals surface area contributed by atoms with E-state index in [9.17, 15) is 4.79 Å². The minimum Gasteiger partial charge on any atom is -0.395 e. The summed E-state index contributed by atoms with van der Waals surface area (Å²) in [5, 5.41) is 4.13. The molecule has 0 bridgehead atoms. The number of carbonyl (C=O) groups excluding carboxylic acids is 1. The first-order valence-corrected chi connectivity index (χ1v) is 5.53. The van der Waals surface area contributed by atoms with Crippen molar-refractivity contribution in [2.45, 2.75) is 13.5 Å². The van der Waals surface area contributed by atoms with Gasteiger partial charge in [0.25, 0.3) is 5.91 Å². The fraction of sp³-hybridized carbons (Fsp3) is 0.364. The smallest absolute Gasteiger partial charge is 0.274 e. The second-order valence-electron chi connectivity index (χ2n) is 4.17. The highest BCUT2D eigenvalue weighted by Crippen LogP contribution is 2.17. The number of hydrogen-bond acceptors (Lipinski definition) is 4. The third kappa shape index (κ3) is 2.06. The van der Waals surface area contributed by atoms with Crippen molar-refractivity contribution in [1.82, 2.24) is 24.6 Å². The molecule has 2 rings (SSSR count). The molecule has 0 saturated heterocycles. The molecule has 3 N–H and O–H groups in total. The number of aromatic nitrogens is 4. The Morgan fingerprint density at radius 2 is 2.33 bits per heavy atom. The minimum atomic E-state index is -0.174. The molecule has 2 heterocycles. The lowest BCUT2D eigenvalue weighted by Gasteiger charge is -2.16. The van der Waals surface area contributed by atoms with Gasteiger partial charge in [0.05, 0.1) is 17.9 Å². The van der Waals surface area contributed by atoms with E-state index in [0.717, 1.165) is 5.82 Å². The third-order valence-corrected chi connectivity index (χ3v) is 2.76. The van der Waals surface area contributed by atoms with Crippen LogP contribution in [0.2, 0.25) is 0 Å². The zero-order valence-corrected chi connectivity index (χ0v) is 10.6. The van der Waals surface area contributed by atoms with Crippen LogP contribution in [-0.4, -0.2) is 37.6 Å². The summed E-state index contributed by atoms with van der Waals surface area (Å²) in [4.78, 5) is 20.8. The van der Waals surface area contributed by atoms with Crippen LogP contribution < -0.4 is 5.73 Å². The zero-order chi connectivity index (χ0) is 13.3. The molecule has 96 valence electrons. The molecule has 0 aliphatic heterocycles. The Morgan fingerprint density at radius 3 is 2.83 bits per heavy atom. The molecular formula is C11H16N6O. The second-order valence-corrected chi connectivity index (χ2v) is 4.17. The van der Waals surface area contributed by atoms with Crippen LogP contribution in [0.5, 0.6) is 0 Å². The van der Waals surface area contributed by atoms with E-state index in [1.165, 1.54) is 4.68 Å². The lowest BCUT2D eigenvalue weighted by atomic mass is 10.2. The van der Waals surface area contributed by atoms with Crippen molar-refractivity contribution in [2.75, 3.05) is 12.8 Å². The maximum absolute atomic E-state index is 12.3. The number of rotatable bonds is 3. The summed E-state index contributed by atoms with van der Waals surface area (Å²) in [6, 6.07) is 0. The van der Waals surface area contributed by atoms with Gasteiger partial charge in [-0.05, 0) is 6.92 Å². The Bertz CT molecular complexity index is 556. The Kier molecular flexibility index (Phi) is 3.05. The molecule has 1 amide bonds. The Balaban J connectivity index is 2.20. The average Bonchev–Trinajstić information content (AvgIpc) is 2.88. The Labute approximate surface area is 105 Å². The quantitative estimate of drug-likeness (QED) is 0.817. The number of H-pyrrole nitrogens is 1. The van der Waals surface area contributed by atoms with E-state index < -0.39 is 0 Å². The number of nitrogens with two attached hydrogens (primary N) is 1. The number of imidazole rings is 1. The molecule has 0 atom stereocenters. The number of amides is 1. The van der Waals surface area contributed by atoms with E-state index in [-0.39, 0.29) is 5.91 Å². The number of aromatic amines is 1. The normalized spacial score (nSPS) is 10.6. The van der Waals surface area contributed by atoms with Crippen molar-refractivity contribution in [1.29, 1.82) is 0 Å². The largest absolute Gasteiger partial charge is 0.395 e. The highest BCUT2D eigenvalue weighted by Gasteiger charge is 2.21. The molecule has 0 spiro atoms. The summed E-state index contributed by atoms with van der Waals surface area (Å²) >= 11 is 0. The molecule has 0 fully saturated rings. The maximum atomic E-state index is 12.3. The number of anilines is 1. The Hall–Kier alpha value is -2.31. The van der Waals surface area contributed by atoms with Gasteiger partial charge in [0.1, 0.15) is 11.5 Å². The summed E-state index contributed by atoms with van der Waals surface area (Å²) in [6.45, 7) is 2.17. The predicted molar refractivity (Wildman–Crippen MR) is 66.7 cm³/mol. The second kappa shape index (κ2) is 4.52. The molecule has 0 unspecified atom stereocenters. The van der Waals surface area contributed by atoms with E-state index in [1.807, 2.05) is 0 Å². The fourth-order valence-corrected chi connectivity index (χ4v) is 1.79. The van der Waals surface area contributed by atoms with Crippen molar-refractivity contribution < 1.29 is 4.79 Å². The van der Waals surface area contributed by atoms with E-state index in [4.69, 9.17) is 5.73 Å². The molecule has 7 nitrogen and oxygen atoms in total. The van der Waals surface area contributed by atoms with Gasteiger partial charge in [-0.15, -0.1) is 0 Å². The van der Waals surface area contributed by atoms with Gasteiger partial charge in [-0.3, -0.25) is 9.48 Å². The van der Waals surface area contributed by atoms with Crippen molar-refractivity contribution in [3.8, 4) is 0 Å². The number of carbonyl (C=O) groups is 1. The molecule has 2 aromatic rings. The van der Waals surface area contributed by atoms with Gasteiger partial charge in [-0.1, -0.05) is 0 Å². The molecule has 0 aromatic carbocycles. The molecule has 2 aromatic heterocycles. The van der Waals surface area contributed by atoms with Crippen molar-refractivity contribution in [3.63, 3.8) is 0 Å². The summed E-state index contributed by atoms with van der Waals surface area (Å²) < 4.78 is 1.51. The molecule has 0 aliphatic rings. The number of hydrogen-bond donors (Lipinski definition) is 2. The van der Waals surface area contributed by atoms with E-state index >= 15 is 0 Å². The topological polar surface area (TPSA) is 92.8 Å². The van der Waals surface area contributed by atoms with Crippen LogP contribution in [0.3, 0.4) is 0 Å². The maximum Gasteiger partial charge on any atom is 0.274 e. The van der Waals surface area contributed by atoms with E-state index in [1.54, 1.807) is 38.3 Å². The fourth-order valence-electron chi connectivity index (χ4n) is 1.79. The van der Waals surface area contributed by atoms with Crippen molar-refractivity contribution in [3.05, 3.63) is 29.6 Å². The molecular weight excluding hydrogens is 232 g/mol. The van der Waals surface area contributed by atoms with Crippen LogP contribution >= 0.6 is 0 Å². The van der Waals surface area contributed by atoms with Crippen LogP contribution in [-0.2, 0) is 13.6 Å². The summed E-state index contributed by atoms with van der Waals surface area (Å²) in [5.74, 6) is 0.551. The van der Waals surface area contributed by atoms with Gasteiger partial charge in [-0.2, -0.15) is 5.10 Å². The molecule has 18 heavy (non-hydrogen) atoms. The Morgan fingerprint density at radius 1 is 1.61 bits per heavy atom. The summed E-state index contributed by atoms with van der Waals surface area (Å²) in [7, 11) is 3.41. The highest BCUT2D eigenvalue weighted by molar-refractivity contribution is 5.97. The average molecular weight is 248 g/mol. The first kappa shape index (κ1) is 12.2. The minimum absolute atomic E-state index is 0.174. The zero-order valence-electron chi connectivity index (χ0n) is 10.6. The molecule has 0 radical (unpaired) electrons. The lowest BCUT2D eigenvalue weighted by molar-refractivity contribution is 0.0772. The number of aryl methyl sites for hydroxylation is 2. The summed E-state index contributed by atoms with van der Waals surface area (Å²) in [5.41, 5.74) is 7.35. The van der Waals surface area contributed by atoms with Crippen LogP contribution in [0.1, 0.15) is 22.0 Å². The van der Waals surface area contributed by atoms with Gasteiger partial charge in [0, 0.05) is 26.5 Å². The SMILES string of the molecule is Cc1nn(C)c(C(=O)N(C)Cc2ncc[nH]2)c1N. The van der Waals surface area contributed by atoms with Gasteiger partial charge >= 0.3 is 0 Å². The first-order valence-electron chi connectivity index (χ1n) is 5.53. The van der Waals surface area contributed by atoms with Gasteiger partial charge in [-0.25, -0.2) is 4.98 Å². The number of nitrogen functional groups attached to an aromatic ring is 1. The van der Waals surface area contributed by atoms with E-state index in [0.29, 0.717) is 23.6 Å². The first-order chi connectivity index (χ1) is 8.50. The van der Waals surface area contributed by atoms with Crippen LogP contribution in [0, 0.1) is 6.92 Å². The van der Waals surface area contributed by atoms with Crippen LogP contribution in [0.15, 0.2) is 12.4 Å². The lowest BCUT2D eigenvalue weighted by Crippen LogP contribution is -2.29. The monoisotopic (exact) mass is 248 g/mol. The predicted octanol–water partition coefficient (Wildman–Crippen LogP) is 0.306. The standard InChI is InChI=1S/C11H16N6O/c1-7-9(12)10(17(3)15-7)11(18)16(2)6-8-13-4-5-14-8/h4-5H,6,12H2,1-3H3,(H,13,14).